The van der Waals surface area contributed by atoms with Crippen LogP contribution in [0.15, 0.2) is 72.8 Å². The van der Waals surface area contributed by atoms with Gasteiger partial charge in [-0.3, -0.25) is 14.9 Å². The predicted molar refractivity (Wildman–Crippen MR) is 128 cm³/mol. The zero-order valence-corrected chi connectivity index (χ0v) is 18.4. The summed E-state index contributed by atoms with van der Waals surface area (Å²) in [5.74, 6) is 0.668. The van der Waals surface area contributed by atoms with Crippen molar-refractivity contribution in [1.29, 1.82) is 0 Å². The summed E-state index contributed by atoms with van der Waals surface area (Å²) in [6.45, 7) is 2.01. The number of carbonyl (C=O) groups excluding carboxylic acids is 1. The van der Waals surface area contributed by atoms with Crippen molar-refractivity contribution >= 4 is 28.1 Å². The van der Waals surface area contributed by atoms with Gasteiger partial charge in [-0.1, -0.05) is 42.0 Å². The van der Waals surface area contributed by atoms with E-state index in [2.05, 4.69) is 5.32 Å². The summed E-state index contributed by atoms with van der Waals surface area (Å²) < 4.78 is 10.9. The Labute approximate surface area is 190 Å². The molecule has 0 aromatic heterocycles. The van der Waals surface area contributed by atoms with Gasteiger partial charge in [0.05, 0.1) is 19.1 Å². The normalized spacial score (nSPS) is 10.6. The molecule has 0 heterocycles. The number of hydrogen-bond donors (Lipinski definition) is 1. The number of methoxy groups -OCH3 is 2. The largest absolute Gasteiger partial charge is 0.493 e. The standard InChI is InChI=1S/C26H22N2O5/c1-16-8-10-17(11-9-16)20-13-19(12-18-14-24(32-2)25(33-3)15-21(18)20)26(29)27-22-6-4-5-7-23(22)28(30)31/h4-15H,1-3H3,(H,27,29). The maximum atomic E-state index is 13.2. The van der Waals surface area contributed by atoms with Gasteiger partial charge in [0.2, 0.25) is 0 Å². The van der Waals surface area contributed by atoms with Crippen LogP contribution in [0.2, 0.25) is 0 Å². The number of nitro benzene ring substituents is 1. The first-order chi connectivity index (χ1) is 15.9. The van der Waals surface area contributed by atoms with Gasteiger partial charge in [-0.25, -0.2) is 0 Å². The molecule has 0 unspecified atom stereocenters. The average molecular weight is 442 g/mol. The van der Waals surface area contributed by atoms with Crippen molar-refractivity contribution in [3.05, 3.63) is 94.0 Å². The minimum Gasteiger partial charge on any atom is -0.493 e. The summed E-state index contributed by atoms with van der Waals surface area (Å²) in [4.78, 5) is 24.0. The lowest BCUT2D eigenvalue weighted by Crippen LogP contribution is -2.13. The third kappa shape index (κ3) is 4.34. The fourth-order valence-electron chi connectivity index (χ4n) is 3.73. The first-order valence-corrected chi connectivity index (χ1v) is 10.2. The first kappa shape index (κ1) is 21.8. The number of nitro groups is 1. The van der Waals surface area contributed by atoms with Gasteiger partial charge >= 0.3 is 0 Å². The third-order valence-corrected chi connectivity index (χ3v) is 5.43. The molecule has 1 N–H and O–H groups in total. The number of ether oxygens (including phenoxy) is 2. The van der Waals surface area contributed by atoms with Crippen LogP contribution in [0.3, 0.4) is 0 Å². The number of benzene rings is 4. The molecule has 0 spiro atoms. The van der Waals surface area contributed by atoms with Gasteiger partial charge in [0.15, 0.2) is 11.5 Å². The summed E-state index contributed by atoms with van der Waals surface area (Å²) in [5.41, 5.74) is 3.21. The molecule has 4 aromatic rings. The lowest BCUT2D eigenvalue weighted by molar-refractivity contribution is -0.383. The lowest BCUT2D eigenvalue weighted by atomic mass is 9.94. The molecule has 0 aliphatic rings. The van der Waals surface area contributed by atoms with E-state index in [1.807, 2.05) is 43.3 Å². The van der Waals surface area contributed by atoms with Crippen LogP contribution >= 0.6 is 0 Å². The monoisotopic (exact) mass is 442 g/mol. The second-order valence-corrected chi connectivity index (χ2v) is 7.55. The Hall–Kier alpha value is -4.39. The van der Waals surface area contributed by atoms with E-state index in [0.717, 1.165) is 27.5 Å². The van der Waals surface area contributed by atoms with Gasteiger partial charge in [-0.05, 0) is 59.2 Å². The van der Waals surface area contributed by atoms with E-state index in [4.69, 9.17) is 9.47 Å². The summed E-state index contributed by atoms with van der Waals surface area (Å²) in [5, 5.41) is 15.7. The topological polar surface area (TPSA) is 90.7 Å². The van der Waals surface area contributed by atoms with E-state index in [9.17, 15) is 14.9 Å². The van der Waals surface area contributed by atoms with Crippen LogP contribution in [0.1, 0.15) is 15.9 Å². The van der Waals surface area contributed by atoms with Crippen molar-refractivity contribution < 1.29 is 19.2 Å². The van der Waals surface area contributed by atoms with Crippen molar-refractivity contribution in [1.82, 2.24) is 0 Å². The highest BCUT2D eigenvalue weighted by Crippen LogP contribution is 2.38. The Balaban J connectivity index is 1.88. The van der Waals surface area contributed by atoms with Crippen molar-refractivity contribution in [2.24, 2.45) is 0 Å². The molecular weight excluding hydrogens is 420 g/mol. The van der Waals surface area contributed by atoms with Gasteiger partial charge in [-0.15, -0.1) is 0 Å². The molecular formula is C26H22N2O5. The second kappa shape index (κ2) is 9.00. The summed E-state index contributed by atoms with van der Waals surface area (Å²) in [6, 6.07) is 21.2. The Bertz CT molecular complexity index is 1360. The number of carbonyl (C=O) groups is 1. The van der Waals surface area contributed by atoms with Gasteiger partial charge < -0.3 is 14.8 Å². The highest BCUT2D eigenvalue weighted by Gasteiger charge is 2.18. The Morgan fingerprint density at radius 1 is 0.909 bits per heavy atom. The maximum absolute atomic E-state index is 13.2. The number of aryl methyl sites for hydroxylation is 1. The highest BCUT2D eigenvalue weighted by atomic mass is 16.6. The number of anilines is 1. The maximum Gasteiger partial charge on any atom is 0.292 e. The Kier molecular flexibility index (Phi) is 5.95. The number of hydrogen-bond acceptors (Lipinski definition) is 5. The summed E-state index contributed by atoms with van der Waals surface area (Å²) >= 11 is 0. The Morgan fingerprint density at radius 2 is 1.58 bits per heavy atom. The van der Waals surface area contributed by atoms with Crippen LogP contribution in [0.4, 0.5) is 11.4 Å². The minimum atomic E-state index is -0.523. The van der Waals surface area contributed by atoms with Gasteiger partial charge in [0.25, 0.3) is 11.6 Å². The Morgan fingerprint density at radius 3 is 2.24 bits per heavy atom. The molecule has 33 heavy (non-hydrogen) atoms. The van der Waals surface area contributed by atoms with E-state index in [0.29, 0.717) is 17.1 Å². The molecule has 0 saturated heterocycles. The van der Waals surface area contributed by atoms with Crippen LogP contribution in [0, 0.1) is 17.0 Å². The van der Waals surface area contributed by atoms with Crippen LogP contribution in [0.5, 0.6) is 11.5 Å². The van der Waals surface area contributed by atoms with Crippen molar-refractivity contribution in [2.45, 2.75) is 6.92 Å². The molecule has 4 aromatic carbocycles. The SMILES string of the molecule is COc1cc2cc(C(=O)Nc3ccccc3[N+](=O)[O-])cc(-c3ccc(C)cc3)c2cc1OC. The molecule has 166 valence electrons. The van der Waals surface area contributed by atoms with E-state index in [1.54, 1.807) is 38.5 Å². The van der Waals surface area contributed by atoms with Crippen molar-refractivity contribution in [2.75, 3.05) is 19.5 Å². The molecule has 0 aliphatic carbocycles. The molecule has 0 radical (unpaired) electrons. The van der Waals surface area contributed by atoms with E-state index < -0.39 is 10.8 Å². The van der Waals surface area contributed by atoms with Gasteiger partial charge in [0, 0.05) is 11.6 Å². The van der Waals surface area contributed by atoms with E-state index in [-0.39, 0.29) is 11.4 Å². The fraction of sp³-hybridized carbons (Fsp3) is 0.115. The quantitative estimate of drug-likeness (QED) is 0.292. The molecule has 0 atom stereocenters. The van der Waals surface area contributed by atoms with Crippen LogP contribution < -0.4 is 14.8 Å². The summed E-state index contributed by atoms with van der Waals surface area (Å²) in [7, 11) is 3.12. The number of amides is 1. The first-order valence-electron chi connectivity index (χ1n) is 10.2. The molecule has 4 rings (SSSR count). The lowest BCUT2D eigenvalue weighted by Gasteiger charge is -2.15. The average Bonchev–Trinajstić information content (AvgIpc) is 2.83. The number of nitrogens with zero attached hydrogens (tertiary/aromatic N) is 1. The highest BCUT2D eigenvalue weighted by molar-refractivity contribution is 6.10. The van der Waals surface area contributed by atoms with Crippen LogP contribution in [-0.4, -0.2) is 25.1 Å². The van der Waals surface area contributed by atoms with Crippen LogP contribution in [0.25, 0.3) is 21.9 Å². The van der Waals surface area contributed by atoms with Crippen molar-refractivity contribution in [3.8, 4) is 22.6 Å². The summed E-state index contributed by atoms with van der Waals surface area (Å²) in [6.07, 6.45) is 0. The smallest absolute Gasteiger partial charge is 0.292 e. The van der Waals surface area contributed by atoms with E-state index in [1.165, 1.54) is 12.1 Å². The van der Waals surface area contributed by atoms with Gasteiger partial charge in [-0.2, -0.15) is 0 Å². The molecule has 7 nitrogen and oxygen atoms in total. The van der Waals surface area contributed by atoms with Gasteiger partial charge in [0.1, 0.15) is 5.69 Å². The number of fused-ring (bicyclic) bond motifs is 1. The minimum absolute atomic E-state index is 0.136. The van der Waals surface area contributed by atoms with Crippen LogP contribution in [-0.2, 0) is 0 Å². The zero-order valence-electron chi connectivity index (χ0n) is 18.4. The molecule has 0 fully saturated rings. The van der Waals surface area contributed by atoms with Crippen molar-refractivity contribution in [3.63, 3.8) is 0 Å². The fourth-order valence-corrected chi connectivity index (χ4v) is 3.73. The third-order valence-electron chi connectivity index (χ3n) is 5.43. The molecule has 7 heteroatoms. The molecule has 0 saturated carbocycles. The molecule has 1 amide bonds. The zero-order chi connectivity index (χ0) is 23.5. The second-order valence-electron chi connectivity index (χ2n) is 7.55. The number of para-hydroxylation sites is 2. The number of nitrogens with one attached hydrogen (secondary N) is 1. The number of rotatable bonds is 6. The van der Waals surface area contributed by atoms with E-state index >= 15 is 0 Å². The molecule has 0 aliphatic heterocycles. The molecule has 0 bridgehead atoms. The predicted octanol–water partition coefficient (Wildman–Crippen LogP) is 5.99.